The summed E-state index contributed by atoms with van der Waals surface area (Å²) in [7, 11) is 1.15. The van der Waals surface area contributed by atoms with Gasteiger partial charge in [-0.25, -0.2) is 4.79 Å². The molecule has 0 radical (unpaired) electrons. The monoisotopic (exact) mass is 292 g/mol. The molecule has 0 aliphatic heterocycles. The number of rotatable bonds is 5. The molecule has 0 aliphatic carbocycles. The summed E-state index contributed by atoms with van der Waals surface area (Å²) >= 11 is 5.72. The van der Waals surface area contributed by atoms with Crippen molar-refractivity contribution in [2.24, 2.45) is 0 Å². The van der Waals surface area contributed by atoms with E-state index in [9.17, 15) is 18.7 Å². The molecule has 7 heteroatoms. The Balaban J connectivity index is 2.94. The molecule has 19 heavy (non-hydrogen) atoms. The highest BCUT2D eigenvalue weighted by Crippen LogP contribution is 2.31. The molecule has 1 unspecified atom stereocenters. The average molecular weight is 293 g/mol. The van der Waals surface area contributed by atoms with Gasteiger partial charge >= 0.3 is 12.6 Å². The van der Waals surface area contributed by atoms with Crippen LogP contribution in [0, 0.1) is 0 Å². The first-order chi connectivity index (χ1) is 8.86. The van der Waals surface area contributed by atoms with Crippen molar-refractivity contribution in [3.63, 3.8) is 0 Å². The number of hydrogen-bond acceptors (Lipinski definition) is 4. The number of aliphatic hydroxyl groups is 1. The Hall–Kier alpha value is -1.66. The van der Waals surface area contributed by atoms with Gasteiger partial charge in [-0.05, 0) is 17.7 Å². The van der Waals surface area contributed by atoms with E-state index in [0.29, 0.717) is 0 Å². The van der Waals surface area contributed by atoms with Gasteiger partial charge in [-0.2, -0.15) is 8.78 Å². The molecule has 0 spiro atoms. The smallest absolute Gasteiger partial charge is 0.387 e. The maximum Gasteiger partial charge on any atom is 0.387 e. The van der Waals surface area contributed by atoms with E-state index < -0.39 is 18.7 Å². The van der Waals surface area contributed by atoms with Crippen LogP contribution in [0.1, 0.15) is 11.7 Å². The van der Waals surface area contributed by atoms with Gasteiger partial charge in [-0.15, -0.1) is 0 Å². The number of benzene rings is 1. The summed E-state index contributed by atoms with van der Waals surface area (Å²) in [4.78, 5) is 11.2. The van der Waals surface area contributed by atoms with Gasteiger partial charge < -0.3 is 14.6 Å². The summed E-state index contributed by atoms with van der Waals surface area (Å²) in [5, 5.41) is 9.72. The van der Waals surface area contributed by atoms with E-state index in [2.05, 4.69) is 16.1 Å². The Bertz CT molecular complexity index is 491. The Kier molecular flexibility index (Phi) is 5.26. The highest BCUT2D eigenvalue weighted by atomic mass is 35.5. The van der Waals surface area contributed by atoms with E-state index in [0.717, 1.165) is 13.2 Å². The lowest BCUT2D eigenvalue weighted by molar-refractivity contribution is -0.137. The first-order valence-electron chi connectivity index (χ1n) is 5.06. The fourth-order valence-electron chi connectivity index (χ4n) is 1.32. The van der Waals surface area contributed by atoms with Crippen LogP contribution in [0.5, 0.6) is 5.75 Å². The van der Waals surface area contributed by atoms with Gasteiger partial charge in [0.15, 0.2) is 0 Å². The molecule has 0 saturated carbocycles. The molecular formula is C12H11ClF2O4. The third-order valence-electron chi connectivity index (χ3n) is 2.27. The molecule has 0 fully saturated rings. The Morgan fingerprint density at radius 1 is 1.47 bits per heavy atom. The lowest BCUT2D eigenvalue weighted by Crippen LogP contribution is -2.12. The van der Waals surface area contributed by atoms with Crippen molar-refractivity contribution < 1.29 is 28.2 Å². The second-order valence-corrected chi connectivity index (χ2v) is 3.89. The molecule has 1 rings (SSSR count). The zero-order valence-electron chi connectivity index (χ0n) is 9.90. The highest BCUT2D eigenvalue weighted by Gasteiger charge is 2.20. The Labute approximate surface area is 113 Å². The fraction of sp³-hybridized carbons (Fsp3) is 0.250. The van der Waals surface area contributed by atoms with Crippen LogP contribution in [-0.2, 0) is 9.53 Å². The van der Waals surface area contributed by atoms with E-state index in [1.54, 1.807) is 0 Å². The van der Waals surface area contributed by atoms with Crippen molar-refractivity contribution in [1.82, 2.24) is 0 Å². The summed E-state index contributed by atoms with van der Waals surface area (Å²) in [5.41, 5.74) is 0.0168. The molecule has 0 saturated heterocycles. The molecule has 1 aromatic carbocycles. The number of ether oxygens (including phenoxy) is 2. The molecule has 0 bridgehead atoms. The van der Waals surface area contributed by atoms with Crippen LogP contribution in [-0.4, -0.2) is 24.8 Å². The summed E-state index contributed by atoms with van der Waals surface area (Å²) in [6.07, 6.45) is -1.34. The molecule has 1 atom stereocenters. The van der Waals surface area contributed by atoms with Gasteiger partial charge in [-0.3, -0.25) is 0 Å². The third kappa shape index (κ3) is 3.90. The van der Waals surface area contributed by atoms with Crippen LogP contribution < -0.4 is 4.74 Å². The van der Waals surface area contributed by atoms with Crippen LogP contribution in [0.4, 0.5) is 8.78 Å². The van der Waals surface area contributed by atoms with Crippen molar-refractivity contribution in [3.05, 3.63) is 40.9 Å². The minimum absolute atomic E-state index is 0.116. The predicted molar refractivity (Wildman–Crippen MR) is 64.2 cm³/mol. The standard InChI is InChI=1S/C12H11ClF2O4/c1-6(11(17)18-2)10(16)7-3-4-9(8(13)5-7)19-12(14)15/h3-5,10,12,16H,1H2,2H3. The fourth-order valence-corrected chi connectivity index (χ4v) is 1.56. The number of esters is 1. The number of alkyl halides is 2. The van der Waals surface area contributed by atoms with Gasteiger partial charge in [0, 0.05) is 0 Å². The van der Waals surface area contributed by atoms with E-state index in [1.807, 2.05) is 0 Å². The quantitative estimate of drug-likeness (QED) is 0.670. The van der Waals surface area contributed by atoms with Gasteiger partial charge in [0.05, 0.1) is 17.7 Å². The molecule has 0 aliphatic rings. The largest absolute Gasteiger partial charge is 0.466 e. The van der Waals surface area contributed by atoms with E-state index in [4.69, 9.17) is 11.6 Å². The van der Waals surface area contributed by atoms with Crippen molar-refractivity contribution in [2.75, 3.05) is 7.11 Å². The minimum Gasteiger partial charge on any atom is -0.466 e. The van der Waals surface area contributed by atoms with Crippen LogP contribution in [0.15, 0.2) is 30.4 Å². The molecule has 4 nitrogen and oxygen atoms in total. The second kappa shape index (κ2) is 6.49. The number of halogens is 3. The summed E-state index contributed by atoms with van der Waals surface area (Å²) in [5.74, 6) is -1.01. The topological polar surface area (TPSA) is 55.8 Å². The zero-order chi connectivity index (χ0) is 14.6. The summed E-state index contributed by atoms with van der Waals surface area (Å²) in [6, 6.07) is 3.66. The molecule has 104 valence electrons. The van der Waals surface area contributed by atoms with E-state index in [-0.39, 0.29) is 21.9 Å². The van der Waals surface area contributed by atoms with Gasteiger partial charge in [0.2, 0.25) is 0 Å². The number of carbonyl (C=O) groups excluding carboxylic acids is 1. The third-order valence-corrected chi connectivity index (χ3v) is 2.56. The Morgan fingerprint density at radius 2 is 2.11 bits per heavy atom. The maximum absolute atomic E-state index is 12.0. The summed E-state index contributed by atoms with van der Waals surface area (Å²) < 4.78 is 32.6. The number of hydrogen-bond donors (Lipinski definition) is 1. The van der Waals surface area contributed by atoms with Crippen molar-refractivity contribution in [1.29, 1.82) is 0 Å². The van der Waals surface area contributed by atoms with Crippen LogP contribution in [0.2, 0.25) is 5.02 Å². The molecule has 1 aromatic rings. The van der Waals surface area contributed by atoms with E-state index >= 15 is 0 Å². The highest BCUT2D eigenvalue weighted by molar-refractivity contribution is 6.32. The normalized spacial score (nSPS) is 12.1. The first-order valence-corrected chi connectivity index (χ1v) is 5.44. The van der Waals surface area contributed by atoms with Crippen LogP contribution >= 0.6 is 11.6 Å². The van der Waals surface area contributed by atoms with E-state index in [1.165, 1.54) is 12.1 Å². The van der Waals surface area contributed by atoms with Crippen molar-refractivity contribution in [3.8, 4) is 5.75 Å². The average Bonchev–Trinajstić information content (AvgIpc) is 2.38. The van der Waals surface area contributed by atoms with Crippen molar-refractivity contribution in [2.45, 2.75) is 12.7 Å². The minimum atomic E-state index is -3.00. The molecule has 0 heterocycles. The summed E-state index contributed by atoms with van der Waals surface area (Å²) in [6.45, 7) is 0.382. The SMILES string of the molecule is C=C(C(=O)OC)C(O)c1ccc(OC(F)F)c(Cl)c1. The number of methoxy groups -OCH3 is 1. The van der Waals surface area contributed by atoms with Crippen LogP contribution in [0.3, 0.4) is 0 Å². The molecule has 1 N–H and O–H groups in total. The van der Waals surface area contributed by atoms with Crippen LogP contribution in [0.25, 0.3) is 0 Å². The lowest BCUT2D eigenvalue weighted by Gasteiger charge is -2.14. The van der Waals surface area contributed by atoms with Crippen molar-refractivity contribution >= 4 is 17.6 Å². The number of aliphatic hydroxyl groups excluding tert-OH is 1. The predicted octanol–water partition coefficient (Wildman–Crippen LogP) is 2.70. The van der Waals surface area contributed by atoms with Gasteiger partial charge in [0.25, 0.3) is 0 Å². The van der Waals surface area contributed by atoms with Gasteiger partial charge in [0.1, 0.15) is 11.9 Å². The maximum atomic E-state index is 12.0. The zero-order valence-corrected chi connectivity index (χ0v) is 10.7. The molecule has 0 amide bonds. The van der Waals surface area contributed by atoms with Gasteiger partial charge in [-0.1, -0.05) is 24.2 Å². The Morgan fingerprint density at radius 3 is 2.58 bits per heavy atom. The molecular weight excluding hydrogens is 282 g/mol. The first kappa shape index (κ1) is 15.4. The number of carbonyl (C=O) groups is 1. The molecule has 0 aromatic heterocycles. The lowest BCUT2D eigenvalue weighted by atomic mass is 10.0. The second-order valence-electron chi connectivity index (χ2n) is 3.49.